The number of ether oxygens (including phenoxy) is 1. The Hall–Kier alpha value is -2.93. The maximum atomic E-state index is 13.1. The molecule has 2 heterocycles. The van der Waals surface area contributed by atoms with Gasteiger partial charge >= 0.3 is 5.51 Å². The van der Waals surface area contributed by atoms with E-state index in [1.54, 1.807) is 37.6 Å². The van der Waals surface area contributed by atoms with Gasteiger partial charge in [0.2, 0.25) is 0 Å². The molecule has 4 rings (SSSR count). The monoisotopic (exact) mass is 400 g/mol. The number of fused-ring (bicyclic) bond motifs is 1. The molecule has 142 valence electrons. The quantitative estimate of drug-likeness (QED) is 0.376. The van der Waals surface area contributed by atoms with Crippen LogP contribution in [0, 0.1) is 0 Å². The van der Waals surface area contributed by atoms with E-state index in [2.05, 4.69) is 4.98 Å². The predicted octanol–water partition coefficient (Wildman–Crippen LogP) is 6.31. The number of rotatable bonds is 4. The number of hydrogen-bond donors (Lipinski definition) is 0. The highest BCUT2D eigenvalue weighted by molar-refractivity contribution is 8.00. The molecule has 0 aliphatic rings. The minimum atomic E-state index is -4.39. The Kier molecular flexibility index (Phi) is 4.77. The van der Waals surface area contributed by atoms with E-state index in [4.69, 9.17) is 4.74 Å². The first kappa shape index (κ1) is 18.4. The smallest absolute Gasteiger partial charge is 0.447 e. The zero-order valence-corrected chi connectivity index (χ0v) is 15.6. The molecule has 2 aromatic heterocycles. The van der Waals surface area contributed by atoms with Crippen molar-refractivity contribution in [3.05, 3.63) is 72.9 Å². The average molecular weight is 400 g/mol. The molecular weight excluding hydrogens is 385 g/mol. The lowest BCUT2D eigenvalue weighted by atomic mass is 10.0. The lowest BCUT2D eigenvalue weighted by molar-refractivity contribution is -0.0329. The fraction of sp³-hybridized carbons (Fsp3) is 0.0952. The fourth-order valence-corrected chi connectivity index (χ4v) is 3.79. The van der Waals surface area contributed by atoms with Crippen molar-refractivity contribution in [2.45, 2.75) is 10.5 Å². The summed E-state index contributed by atoms with van der Waals surface area (Å²) in [5.74, 6) is 1.16. The van der Waals surface area contributed by atoms with Crippen molar-refractivity contribution < 1.29 is 17.9 Å². The number of benzene rings is 2. The number of thioether (sulfide) groups is 1. The summed E-state index contributed by atoms with van der Waals surface area (Å²) in [6, 6.07) is 19.9. The third-order valence-electron chi connectivity index (χ3n) is 4.27. The van der Waals surface area contributed by atoms with Gasteiger partial charge in [-0.3, -0.25) is 4.57 Å². The summed E-state index contributed by atoms with van der Waals surface area (Å²) in [5, 5.41) is 0.779. The van der Waals surface area contributed by atoms with Gasteiger partial charge in [-0.05, 0) is 53.6 Å². The lowest BCUT2D eigenvalue weighted by Crippen LogP contribution is -2.04. The van der Waals surface area contributed by atoms with Crippen LogP contribution in [0.25, 0.3) is 27.8 Å². The zero-order valence-electron chi connectivity index (χ0n) is 14.8. The van der Waals surface area contributed by atoms with Gasteiger partial charge in [0.25, 0.3) is 0 Å². The van der Waals surface area contributed by atoms with E-state index in [-0.39, 0.29) is 16.8 Å². The molecule has 0 spiro atoms. The van der Waals surface area contributed by atoms with Crippen LogP contribution in [0.5, 0.6) is 5.75 Å². The molecule has 0 N–H and O–H groups in total. The molecule has 4 aromatic rings. The Labute approximate surface area is 163 Å². The molecule has 2 aromatic carbocycles. The van der Waals surface area contributed by atoms with Gasteiger partial charge in [-0.1, -0.05) is 24.3 Å². The van der Waals surface area contributed by atoms with Crippen molar-refractivity contribution in [1.29, 1.82) is 0 Å². The maximum absolute atomic E-state index is 13.1. The zero-order chi connectivity index (χ0) is 19.7. The van der Waals surface area contributed by atoms with Crippen LogP contribution in [0.4, 0.5) is 13.2 Å². The second-order valence-corrected chi connectivity index (χ2v) is 7.14. The van der Waals surface area contributed by atoms with E-state index in [0.29, 0.717) is 16.7 Å². The normalized spacial score (nSPS) is 11.7. The number of nitrogens with zero attached hydrogens (tertiary/aromatic N) is 2. The van der Waals surface area contributed by atoms with E-state index in [9.17, 15) is 13.2 Å². The van der Waals surface area contributed by atoms with Crippen LogP contribution in [-0.2, 0) is 0 Å². The van der Waals surface area contributed by atoms with Crippen LogP contribution in [0.2, 0.25) is 0 Å². The summed E-state index contributed by atoms with van der Waals surface area (Å²) in [6.07, 6.45) is 1.56. The van der Waals surface area contributed by atoms with Gasteiger partial charge in [-0.2, -0.15) is 13.2 Å². The Bertz CT molecular complexity index is 1120. The summed E-state index contributed by atoms with van der Waals surface area (Å²) < 4.78 is 46.1. The number of methoxy groups -OCH3 is 1. The molecule has 0 aliphatic heterocycles. The minimum Gasteiger partial charge on any atom is -0.497 e. The van der Waals surface area contributed by atoms with Gasteiger partial charge in [0.15, 0.2) is 0 Å². The van der Waals surface area contributed by atoms with E-state index < -0.39 is 5.51 Å². The first-order chi connectivity index (χ1) is 13.4. The average Bonchev–Trinajstić information content (AvgIpc) is 3.03. The maximum Gasteiger partial charge on any atom is 0.447 e. The number of hydrogen-bond acceptors (Lipinski definition) is 3. The summed E-state index contributed by atoms with van der Waals surface area (Å²) in [7, 11) is 1.59. The molecular formula is C21H15F3N2OS. The molecule has 0 amide bonds. The number of halogens is 3. The summed E-state index contributed by atoms with van der Waals surface area (Å²) in [5.41, 5.74) is -1.90. The van der Waals surface area contributed by atoms with Crippen LogP contribution >= 0.6 is 11.8 Å². The molecule has 0 bridgehead atoms. The summed E-state index contributed by atoms with van der Waals surface area (Å²) in [4.78, 5) is 4.23. The van der Waals surface area contributed by atoms with Gasteiger partial charge in [0.1, 0.15) is 11.6 Å². The molecule has 3 nitrogen and oxygen atoms in total. The van der Waals surface area contributed by atoms with Crippen molar-refractivity contribution >= 4 is 22.7 Å². The molecule has 0 aliphatic carbocycles. The number of alkyl halides is 3. The van der Waals surface area contributed by atoms with Crippen LogP contribution in [0.15, 0.2) is 78.0 Å². The van der Waals surface area contributed by atoms with Gasteiger partial charge < -0.3 is 4.74 Å². The van der Waals surface area contributed by atoms with Gasteiger partial charge in [0, 0.05) is 23.3 Å². The highest BCUT2D eigenvalue weighted by Crippen LogP contribution is 2.41. The van der Waals surface area contributed by atoms with Crippen LogP contribution < -0.4 is 4.74 Å². The predicted molar refractivity (Wildman–Crippen MR) is 105 cm³/mol. The first-order valence-electron chi connectivity index (χ1n) is 8.42. The van der Waals surface area contributed by atoms with Crippen molar-refractivity contribution in [2.24, 2.45) is 0 Å². The molecule has 0 saturated heterocycles. The van der Waals surface area contributed by atoms with Crippen molar-refractivity contribution in [3.63, 3.8) is 0 Å². The second-order valence-electron chi connectivity index (χ2n) is 6.06. The van der Waals surface area contributed by atoms with Crippen LogP contribution in [0.3, 0.4) is 0 Å². The van der Waals surface area contributed by atoms with E-state index >= 15 is 0 Å². The van der Waals surface area contributed by atoms with Crippen LogP contribution in [0.1, 0.15) is 0 Å². The molecule has 7 heteroatoms. The van der Waals surface area contributed by atoms with Crippen molar-refractivity contribution in [2.75, 3.05) is 7.11 Å². The lowest BCUT2D eigenvalue weighted by Gasteiger charge is -2.11. The molecule has 0 unspecified atom stereocenters. The topological polar surface area (TPSA) is 27.1 Å². The van der Waals surface area contributed by atoms with Gasteiger partial charge in [0.05, 0.1) is 17.7 Å². The molecule has 0 radical (unpaired) electrons. The van der Waals surface area contributed by atoms with Crippen molar-refractivity contribution in [3.8, 4) is 22.7 Å². The SMILES string of the molecule is COc1cccc(-c2ccc3c(c2)cc(SC(F)(F)F)n3-c2ccccn2)c1. The molecule has 0 fully saturated rings. The highest BCUT2D eigenvalue weighted by atomic mass is 32.2. The fourth-order valence-electron chi connectivity index (χ4n) is 3.09. The van der Waals surface area contributed by atoms with Crippen molar-refractivity contribution in [1.82, 2.24) is 9.55 Å². The van der Waals surface area contributed by atoms with Gasteiger partial charge in [-0.15, -0.1) is 0 Å². The standard InChI is InChI=1S/C21H15F3N2OS/c1-27-17-6-4-5-14(12-17)15-8-9-18-16(11-15)13-20(28-21(22,23)24)26(18)19-7-2-3-10-25-19/h2-13H,1H3. The minimum absolute atomic E-state index is 0.0731. The Morgan fingerprint density at radius 3 is 2.46 bits per heavy atom. The molecule has 0 saturated carbocycles. The van der Waals surface area contributed by atoms with Crippen LogP contribution in [-0.4, -0.2) is 22.2 Å². The van der Waals surface area contributed by atoms with Gasteiger partial charge in [-0.25, -0.2) is 4.98 Å². The second kappa shape index (κ2) is 7.24. The van der Waals surface area contributed by atoms with E-state index in [0.717, 1.165) is 16.9 Å². The number of aromatic nitrogens is 2. The number of pyridine rings is 1. The highest BCUT2D eigenvalue weighted by Gasteiger charge is 2.32. The van der Waals surface area contributed by atoms with E-state index in [1.807, 2.05) is 42.5 Å². The Morgan fingerprint density at radius 1 is 0.929 bits per heavy atom. The Morgan fingerprint density at radius 2 is 1.75 bits per heavy atom. The van der Waals surface area contributed by atoms with E-state index in [1.165, 1.54) is 4.57 Å². The largest absolute Gasteiger partial charge is 0.497 e. The molecule has 28 heavy (non-hydrogen) atoms. The molecule has 0 atom stereocenters. The Balaban J connectivity index is 1.88. The first-order valence-corrected chi connectivity index (χ1v) is 9.23. The third kappa shape index (κ3) is 3.71. The summed E-state index contributed by atoms with van der Waals surface area (Å²) >= 11 is -0.141. The summed E-state index contributed by atoms with van der Waals surface area (Å²) in [6.45, 7) is 0. The third-order valence-corrected chi connectivity index (χ3v) is 5.01.